The molecule has 0 fully saturated rings. The average Bonchev–Trinajstić information content (AvgIpc) is 2.42. The minimum absolute atomic E-state index is 0.0836. The second-order valence-corrected chi connectivity index (χ2v) is 5.21. The van der Waals surface area contributed by atoms with Crippen LogP contribution in [0.1, 0.15) is 12.7 Å². The summed E-state index contributed by atoms with van der Waals surface area (Å²) in [7, 11) is 0. The van der Waals surface area contributed by atoms with Crippen LogP contribution in [0.3, 0.4) is 0 Å². The van der Waals surface area contributed by atoms with Gasteiger partial charge in [-0.05, 0) is 19.1 Å². The van der Waals surface area contributed by atoms with Crippen LogP contribution in [0.25, 0.3) is 0 Å². The van der Waals surface area contributed by atoms with E-state index in [4.69, 9.17) is 39.5 Å². The molecule has 8 heteroatoms. The summed E-state index contributed by atoms with van der Waals surface area (Å²) in [6.45, 7) is 2.66. The highest BCUT2D eigenvalue weighted by Crippen LogP contribution is 2.29. The Bertz CT molecular complexity index is 632. The van der Waals surface area contributed by atoms with Crippen LogP contribution in [-0.2, 0) is 11.3 Å². The van der Waals surface area contributed by atoms with E-state index in [1.165, 1.54) is 18.2 Å². The number of hydrogen-bond donors (Lipinski definition) is 1. The normalized spacial score (nSPS) is 10.7. The molecule has 0 spiro atoms. The minimum atomic E-state index is -0.665. The SMILES string of the molecule is CCOCc1nc(Cl)cc(Nc2cc(Cl)c(F)c(Cl)c2)n1. The van der Waals surface area contributed by atoms with Crippen molar-refractivity contribution >= 4 is 46.3 Å². The Morgan fingerprint density at radius 2 is 1.81 bits per heavy atom. The summed E-state index contributed by atoms with van der Waals surface area (Å²) in [5, 5.41) is 3.04. The molecular weight excluding hydrogens is 340 g/mol. The zero-order chi connectivity index (χ0) is 15.4. The van der Waals surface area contributed by atoms with Crippen LogP contribution in [0.2, 0.25) is 15.2 Å². The van der Waals surface area contributed by atoms with E-state index in [0.29, 0.717) is 23.9 Å². The number of nitrogens with zero attached hydrogens (tertiary/aromatic N) is 2. The van der Waals surface area contributed by atoms with Gasteiger partial charge < -0.3 is 10.1 Å². The van der Waals surface area contributed by atoms with E-state index in [-0.39, 0.29) is 21.8 Å². The molecule has 2 rings (SSSR count). The van der Waals surface area contributed by atoms with Crippen LogP contribution in [0.4, 0.5) is 15.9 Å². The molecule has 2 aromatic rings. The molecule has 0 radical (unpaired) electrons. The Hall–Kier alpha value is -1.14. The van der Waals surface area contributed by atoms with Gasteiger partial charge in [0.15, 0.2) is 11.6 Å². The van der Waals surface area contributed by atoms with Gasteiger partial charge in [0.2, 0.25) is 0 Å². The summed E-state index contributed by atoms with van der Waals surface area (Å²) >= 11 is 17.4. The van der Waals surface area contributed by atoms with Gasteiger partial charge in [0.1, 0.15) is 17.6 Å². The lowest BCUT2D eigenvalue weighted by atomic mass is 10.3. The Balaban J connectivity index is 2.24. The molecule has 0 aliphatic rings. The third-order valence-electron chi connectivity index (χ3n) is 2.43. The molecule has 112 valence electrons. The fourth-order valence-electron chi connectivity index (χ4n) is 1.56. The van der Waals surface area contributed by atoms with Crippen molar-refractivity contribution in [2.45, 2.75) is 13.5 Å². The van der Waals surface area contributed by atoms with Crippen molar-refractivity contribution < 1.29 is 9.13 Å². The summed E-state index contributed by atoms with van der Waals surface area (Å²) < 4.78 is 18.6. The highest BCUT2D eigenvalue weighted by atomic mass is 35.5. The maximum atomic E-state index is 13.4. The maximum absolute atomic E-state index is 13.4. The van der Waals surface area contributed by atoms with Gasteiger partial charge in [0.05, 0.1) is 10.0 Å². The highest BCUT2D eigenvalue weighted by molar-refractivity contribution is 6.35. The first kappa shape index (κ1) is 16.2. The summed E-state index contributed by atoms with van der Waals surface area (Å²) in [5.74, 6) is 0.205. The molecule has 0 saturated heterocycles. The van der Waals surface area contributed by atoms with Crippen LogP contribution in [-0.4, -0.2) is 16.6 Å². The number of benzene rings is 1. The lowest BCUT2D eigenvalue weighted by Gasteiger charge is -2.09. The predicted octanol–water partition coefficient (Wildman–Crippen LogP) is 4.86. The summed E-state index contributed by atoms with van der Waals surface area (Å²) in [6.07, 6.45) is 0. The van der Waals surface area contributed by atoms with E-state index >= 15 is 0 Å². The topological polar surface area (TPSA) is 47.0 Å². The van der Waals surface area contributed by atoms with Crippen molar-refractivity contribution in [1.29, 1.82) is 0 Å². The van der Waals surface area contributed by atoms with Gasteiger partial charge in [0, 0.05) is 18.4 Å². The molecule has 0 atom stereocenters. The molecule has 4 nitrogen and oxygen atoms in total. The van der Waals surface area contributed by atoms with Gasteiger partial charge in [-0.1, -0.05) is 34.8 Å². The van der Waals surface area contributed by atoms with Crippen molar-refractivity contribution in [3.63, 3.8) is 0 Å². The van der Waals surface area contributed by atoms with E-state index in [1.807, 2.05) is 6.92 Å². The Kier molecular flexibility index (Phi) is 5.58. The third-order valence-corrected chi connectivity index (χ3v) is 3.18. The molecule has 0 saturated carbocycles. The zero-order valence-corrected chi connectivity index (χ0v) is 13.2. The number of hydrogen-bond acceptors (Lipinski definition) is 4. The van der Waals surface area contributed by atoms with Crippen LogP contribution in [0, 0.1) is 5.82 Å². The van der Waals surface area contributed by atoms with Gasteiger partial charge in [0.25, 0.3) is 0 Å². The minimum Gasteiger partial charge on any atom is -0.374 e. The molecule has 0 unspecified atom stereocenters. The molecule has 1 aromatic carbocycles. The molecule has 1 heterocycles. The number of halogens is 4. The van der Waals surface area contributed by atoms with Crippen LogP contribution >= 0.6 is 34.8 Å². The lowest BCUT2D eigenvalue weighted by molar-refractivity contribution is 0.128. The first-order valence-electron chi connectivity index (χ1n) is 6.02. The Morgan fingerprint density at radius 3 is 2.43 bits per heavy atom. The maximum Gasteiger partial charge on any atom is 0.160 e. The van der Waals surface area contributed by atoms with Gasteiger partial charge >= 0.3 is 0 Å². The van der Waals surface area contributed by atoms with Crippen molar-refractivity contribution in [1.82, 2.24) is 9.97 Å². The molecule has 0 aliphatic carbocycles. The fourth-order valence-corrected chi connectivity index (χ4v) is 2.25. The first-order valence-corrected chi connectivity index (χ1v) is 7.15. The molecule has 1 N–H and O–H groups in total. The van der Waals surface area contributed by atoms with Crippen LogP contribution in [0.5, 0.6) is 0 Å². The first-order chi connectivity index (χ1) is 9.99. The molecule has 21 heavy (non-hydrogen) atoms. The fraction of sp³-hybridized carbons (Fsp3) is 0.231. The van der Waals surface area contributed by atoms with Gasteiger partial charge in [-0.3, -0.25) is 0 Å². The quantitative estimate of drug-likeness (QED) is 0.618. The third kappa shape index (κ3) is 4.41. The molecule has 0 bridgehead atoms. The standard InChI is InChI=1S/C13H11Cl3FN3O/c1-2-21-6-12-19-10(16)5-11(20-12)18-7-3-8(14)13(17)9(15)4-7/h3-5H,2,6H2,1H3,(H,18,19,20). The van der Waals surface area contributed by atoms with E-state index in [0.717, 1.165) is 0 Å². The molecule has 0 amide bonds. The van der Waals surface area contributed by atoms with Crippen molar-refractivity contribution in [3.8, 4) is 0 Å². The van der Waals surface area contributed by atoms with Gasteiger partial charge in [-0.15, -0.1) is 0 Å². The Labute approximate surface area is 136 Å². The predicted molar refractivity (Wildman–Crippen MR) is 82.1 cm³/mol. The van der Waals surface area contributed by atoms with E-state index < -0.39 is 5.82 Å². The number of anilines is 2. The largest absolute Gasteiger partial charge is 0.374 e. The summed E-state index contributed by atoms with van der Waals surface area (Å²) in [5.41, 5.74) is 0.489. The van der Waals surface area contributed by atoms with Crippen molar-refractivity contribution in [2.75, 3.05) is 11.9 Å². The van der Waals surface area contributed by atoms with Crippen molar-refractivity contribution in [3.05, 3.63) is 45.0 Å². The summed E-state index contributed by atoms with van der Waals surface area (Å²) in [6, 6.07) is 4.34. The van der Waals surface area contributed by atoms with Crippen LogP contribution < -0.4 is 5.32 Å². The number of aromatic nitrogens is 2. The van der Waals surface area contributed by atoms with Crippen LogP contribution in [0.15, 0.2) is 18.2 Å². The highest BCUT2D eigenvalue weighted by Gasteiger charge is 2.09. The van der Waals surface area contributed by atoms with E-state index in [2.05, 4.69) is 15.3 Å². The number of rotatable bonds is 5. The second kappa shape index (κ2) is 7.22. The zero-order valence-electron chi connectivity index (χ0n) is 11.0. The second-order valence-electron chi connectivity index (χ2n) is 4.01. The summed E-state index contributed by atoms with van der Waals surface area (Å²) in [4.78, 5) is 8.28. The average molecular weight is 351 g/mol. The molecule has 1 aromatic heterocycles. The van der Waals surface area contributed by atoms with Gasteiger partial charge in [-0.25, -0.2) is 14.4 Å². The number of ether oxygens (including phenoxy) is 1. The smallest absolute Gasteiger partial charge is 0.160 e. The van der Waals surface area contributed by atoms with Crippen molar-refractivity contribution in [2.24, 2.45) is 0 Å². The molecular formula is C13H11Cl3FN3O. The monoisotopic (exact) mass is 349 g/mol. The Morgan fingerprint density at radius 1 is 1.14 bits per heavy atom. The number of nitrogens with one attached hydrogen (secondary N) is 1. The van der Waals surface area contributed by atoms with E-state index in [9.17, 15) is 4.39 Å². The molecule has 0 aliphatic heterocycles. The van der Waals surface area contributed by atoms with E-state index in [1.54, 1.807) is 0 Å². The lowest BCUT2D eigenvalue weighted by Crippen LogP contribution is -2.03. The van der Waals surface area contributed by atoms with Gasteiger partial charge in [-0.2, -0.15) is 0 Å².